The molecule has 0 bridgehead atoms. The van der Waals surface area contributed by atoms with E-state index in [1.165, 1.54) is 35.1 Å². The average molecular weight is 448 g/mol. The molecule has 0 amide bonds. The van der Waals surface area contributed by atoms with Gasteiger partial charge in [-0.3, -0.25) is 0 Å². The van der Waals surface area contributed by atoms with Gasteiger partial charge in [-0.15, -0.1) is 0 Å². The topological polar surface area (TPSA) is 25.2 Å². The van der Waals surface area contributed by atoms with Gasteiger partial charge in [0, 0.05) is 21.6 Å². The molecule has 3 heteroatoms. The number of benzene rings is 3. The third-order valence-corrected chi connectivity index (χ3v) is 7.73. The highest BCUT2D eigenvalue weighted by Gasteiger charge is 2.37. The largest absolute Gasteiger partial charge is 0.450 e. The summed E-state index contributed by atoms with van der Waals surface area (Å²) in [6, 6.07) is 27.7. The number of fused-ring (bicyclic) bond motifs is 6. The van der Waals surface area contributed by atoms with Gasteiger partial charge in [-0.2, -0.15) is 0 Å². The normalized spacial score (nSPS) is 16.0. The first-order valence-electron chi connectivity index (χ1n) is 12.1. The molecular formula is C32H23BNO. The van der Waals surface area contributed by atoms with Crippen LogP contribution in [0.3, 0.4) is 0 Å². The van der Waals surface area contributed by atoms with Crippen LogP contribution in [-0.4, -0.2) is 17.1 Å². The zero-order valence-corrected chi connectivity index (χ0v) is 19.8. The molecule has 2 aliphatic rings. The van der Waals surface area contributed by atoms with E-state index in [1.54, 1.807) is 0 Å². The maximum Gasteiger partial charge on any atom is 0.327 e. The van der Waals surface area contributed by atoms with Crippen molar-refractivity contribution in [3.8, 4) is 5.69 Å². The first kappa shape index (κ1) is 20.4. The van der Waals surface area contributed by atoms with Gasteiger partial charge in [0.2, 0.25) is 0 Å². The number of hydrogen-bond donors (Lipinski definition) is 1. The summed E-state index contributed by atoms with van der Waals surface area (Å²) in [7, 11) is 1.20. The summed E-state index contributed by atoms with van der Waals surface area (Å²) < 4.78 is 2.29. The van der Waals surface area contributed by atoms with Crippen LogP contribution in [0.15, 0.2) is 90.5 Å². The first-order valence-corrected chi connectivity index (χ1v) is 12.1. The second-order valence-electron chi connectivity index (χ2n) is 9.96. The molecule has 1 radical (unpaired) electrons. The van der Waals surface area contributed by atoms with Gasteiger partial charge in [0.25, 0.3) is 0 Å². The molecule has 0 unspecified atom stereocenters. The van der Waals surface area contributed by atoms with Gasteiger partial charge in [0.05, 0.1) is 11.2 Å². The van der Waals surface area contributed by atoms with Gasteiger partial charge in [0.1, 0.15) is 5.52 Å². The van der Waals surface area contributed by atoms with E-state index in [0.717, 1.165) is 44.8 Å². The monoisotopic (exact) mass is 448 g/mol. The molecule has 1 heterocycles. The van der Waals surface area contributed by atoms with Gasteiger partial charge < -0.3 is 9.59 Å². The zero-order valence-electron chi connectivity index (χ0n) is 19.8. The number of rotatable bonds is 2. The van der Waals surface area contributed by atoms with Crippen molar-refractivity contribution in [1.82, 2.24) is 4.57 Å². The molecule has 0 fully saturated rings. The molecule has 5 aromatic rings. The van der Waals surface area contributed by atoms with Crippen molar-refractivity contribution in [3.05, 3.63) is 114 Å². The molecule has 7 rings (SSSR count). The molecule has 2 nitrogen and oxygen atoms in total. The Morgan fingerprint density at radius 1 is 0.971 bits per heavy atom. The lowest BCUT2D eigenvalue weighted by Gasteiger charge is -2.23. The van der Waals surface area contributed by atoms with Gasteiger partial charge in [0.15, 0.2) is 0 Å². The highest BCUT2D eigenvalue weighted by molar-refractivity contribution is 6.50. The van der Waals surface area contributed by atoms with Crippen molar-refractivity contribution in [3.63, 3.8) is 0 Å². The molecule has 1 N–H and O–H groups in total. The Morgan fingerprint density at radius 2 is 1.80 bits per heavy atom. The Balaban J connectivity index is 1.63. The fourth-order valence-electron chi connectivity index (χ4n) is 6.07. The molecule has 165 valence electrons. The van der Waals surface area contributed by atoms with Crippen LogP contribution in [0, 0.1) is 12.1 Å². The van der Waals surface area contributed by atoms with E-state index in [-0.39, 0.29) is 5.41 Å². The fraction of sp³-hybridized carbons (Fsp3) is 0.125. The van der Waals surface area contributed by atoms with Gasteiger partial charge in [-0.1, -0.05) is 74.5 Å². The summed E-state index contributed by atoms with van der Waals surface area (Å²) in [5, 5.41) is 14.5. The summed E-state index contributed by atoms with van der Waals surface area (Å²) in [4.78, 5) is 0. The van der Waals surface area contributed by atoms with E-state index in [1.807, 2.05) is 18.2 Å². The minimum Gasteiger partial charge on any atom is -0.450 e. The molecular weight excluding hydrogens is 425 g/mol. The van der Waals surface area contributed by atoms with Crippen LogP contribution in [0.2, 0.25) is 0 Å². The standard InChI is InChI=1S/C32H23BNO/c1-32(2)25-14-5-3-4-12-21(25)23-18-24-22-13-6-7-16-28(22)34(30(24)19-26(23)32)29-17-9-11-20-10-8-15-27(33-35)31(20)29/h4-6,8-15,17-19,35H,3H2,1-2H3. The van der Waals surface area contributed by atoms with Crippen LogP contribution >= 0.6 is 0 Å². The van der Waals surface area contributed by atoms with Crippen LogP contribution in [0.4, 0.5) is 0 Å². The lowest BCUT2D eigenvalue weighted by molar-refractivity contribution is 0.616. The first-order chi connectivity index (χ1) is 17.1. The average Bonchev–Trinajstić information content (AvgIpc) is 3.13. The van der Waals surface area contributed by atoms with Gasteiger partial charge in [-0.05, 0) is 75.9 Å². The van der Waals surface area contributed by atoms with Gasteiger partial charge in [-0.25, -0.2) is 0 Å². The van der Waals surface area contributed by atoms with Crippen molar-refractivity contribution in [2.24, 2.45) is 0 Å². The van der Waals surface area contributed by atoms with Crippen LogP contribution < -0.4 is 5.46 Å². The Labute approximate surface area is 205 Å². The lowest BCUT2D eigenvalue weighted by Crippen LogP contribution is -2.17. The summed E-state index contributed by atoms with van der Waals surface area (Å²) in [6.07, 6.45) is 10.1. The summed E-state index contributed by atoms with van der Waals surface area (Å²) in [5.74, 6) is 0. The van der Waals surface area contributed by atoms with Crippen LogP contribution in [0.25, 0.3) is 43.8 Å². The molecule has 1 aromatic heterocycles. The quantitative estimate of drug-likeness (QED) is 0.314. The molecule has 0 spiro atoms. The van der Waals surface area contributed by atoms with Crippen molar-refractivity contribution in [2.75, 3.05) is 0 Å². The Kier molecular flexibility index (Phi) is 4.22. The third kappa shape index (κ3) is 2.72. The van der Waals surface area contributed by atoms with Crippen LogP contribution in [0.1, 0.15) is 31.4 Å². The third-order valence-electron chi connectivity index (χ3n) is 7.73. The molecule has 4 aromatic carbocycles. The van der Waals surface area contributed by atoms with Crippen LogP contribution in [0.5, 0.6) is 0 Å². The predicted octanol–water partition coefficient (Wildman–Crippen LogP) is 6.33. The molecule has 35 heavy (non-hydrogen) atoms. The molecule has 0 atom stereocenters. The van der Waals surface area contributed by atoms with Crippen LogP contribution in [-0.2, 0) is 5.41 Å². The van der Waals surface area contributed by atoms with Crippen molar-refractivity contribution >= 4 is 51.1 Å². The van der Waals surface area contributed by atoms with E-state index in [9.17, 15) is 5.02 Å². The van der Waals surface area contributed by atoms with Crippen molar-refractivity contribution in [1.29, 1.82) is 0 Å². The summed E-state index contributed by atoms with van der Waals surface area (Å²) in [5.41, 5.74) is 9.25. The number of hydrogen-bond acceptors (Lipinski definition) is 1. The van der Waals surface area contributed by atoms with E-state index < -0.39 is 0 Å². The Hall–Kier alpha value is -4.00. The number of allylic oxidation sites excluding steroid dienone is 6. The fourth-order valence-corrected chi connectivity index (χ4v) is 6.07. The maximum absolute atomic E-state index is 10.1. The van der Waals surface area contributed by atoms with Crippen molar-refractivity contribution in [2.45, 2.75) is 25.7 Å². The lowest BCUT2D eigenvalue weighted by atomic mass is 9.80. The van der Waals surface area contributed by atoms with E-state index in [2.05, 4.69) is 97.3 Å². The number of aromatic nitrogens is 1. The Bertz CT molecular complexity index is 1780. The highest BCUT2D eigenvalue weighted by Crippen LogP contribution is 2.50. The minimum absolute atomic E-state index is 0.0933. The van der Waals surface area contributed by atoms with E-state index in [0.29, 0.717) is 0 Å². The van der Waals surface area contributed by atoms with Gasteiger partial charge >= 0.3 is 7.48 Å². The molecule has 2 aliphatic carbocycles. The molecule has 0 saturated heterocycles. The van der Waals surface area contributed by atoms with E-state index >= 15 is 0 Å². The van der Waals surface area contributed by atoms with Crippen molar-refractivity contribution < 1.29 is 5.02 Å². The zero-order chi connectivity index (χ0) is 23.7. The summed E-state index contributed by atoms with van der Waals surface area (Å²) in [6.45, 7) is 4.65. The minimum atomic E-state index is -0.0933. The predicted molar refractivity (Wildman–Crippen MR) is 146 cm³/mol. The SMILES string of the molecule is CC1(C)C2=C(C=CCC=C2)c2cc3c4ccc#cc4n(-c4cccc5cccc([B]O)c45)c3cc21. The second-order valence-corrected chi connectivity index (χ2v) is 9.96. The number of nitrogens with zero attached hydrogens (tertiary/aromatic N) is 1. The Morgan fingerprint density at radius 3 is 2.66 bits per heavy atom. The smallest absolute Gasteiger partial charge is 0.327 e. The second kappa shape index (κ2) is 7.25. The molecule has 0 saturated carbocycles. The highest BCUT2D eigenvalue weighted by atomic mass is 16.2. The summed E-state index contributed by atoms with van der Waals surface area (Å²) >= 11 is 0. The van der Waals surface area contributed by atoms with E-state index in [4.69, 9.17) is 0 Å². The molecule has 0 aliphatic heterocycles. The maximum atomic E-state index is 10.1.